The number of aromatic nitrogens is 2. The largest absolute Gasteiger partial charge is 0.342 e. The van der Waals surface area contributed by atoms with Gasteiger partial charge in [0.05, 0.1) is 11.4 Å². The second kappa shape index (κ2) is 8.00. The van der Waals surface area contributed by atoms with Gasteiger partial charge in [0.2, 0.25) is 0 Å². The maximum Gasteiger partial charge on any atom is 0.253 e. The monoisotopic (exact) mass is 347 g/mol. The summed E-state index contributed by atoms with van der Waals surface area (Å²) in [6.07, 6.45) is 1.74. The van der Waals surface area contributed by atoms with E-state index in [0.29, 0.717) is 6.54 Å². The van der Waals surface area contributed by atoms with Crippen LogP contribution in [0.2, 0.25) is 0 Å². The lowest BCUT2D eigenvalue weighted by molar-refractivity contribution is 0.0793. The molecule has 0 saturated heterocycles. The standard InChI is InChI=1S/C22H25N3O/c1-17-11-13-19(14-12-17)22(26)24(2)15-7-10-20-16-21(25(3)23-20)18-8-5-4-6-9-18/h4-6,8-9,11-14,16H,7,10,15H2,1-3H3. The molecule has 0 spiro atoms. The summed E-state index contributed by atoms with van der Waals surface area (Å²) in [6.45, 7) is 2.73. The molecule has 4 heteroatoms. The van der Waals surface area contributed by atoms with Gasteiger partial charge in [0, 0.05) is 26.2 Å². The second-order valence-corrected chi connectivity index (χ2v) is 6.71. The van der Waals surface area contributed by atoms with Crippen molar-refractivity contribution >= 4 is 5.91 Å². The lowest BCUT2D eigenvalue weighted by atomic mass is 10.1. The third-order valence-electron chi connectivity index (χ3n) is 4.57. The minimum atomic E-state index is 0.0657. The topological polar surface area (TPSA) is 38.1 Å². The Kier molecular flexibility index (Phi) is 5.52. The lowest BCUT2D eigenvalue weighted by Crippen LogP contribution is -2.28. The zero-order chi connectivity index (χ0) is 18.5. The van der Waals surface area contributed by atoms with E-state index in [1.54, 1.807) is 4.90 Å². The summed E-state index contributed by atoms with van der Waals surface area (Å²) < 4.78 is 1.92. The van der Waals surface area contributed by atoms with Crippen LogP contribution in [-0.2, 0) is 13.5 Å². The molecule has 0 fully saturated rings. The van der Waals surface area contributed by atoms with Crippen LogP contribution in [-0.4, -0.2) is 34.2 Å². The Morgan fingerprint density at radius 1 is 1.08 bits per heavy atom. The van der Waals surface area contributed by atoms with Crippen molar-refractivity contribution in [3.05, 3.63) is 77.5 Å². The minimum Gasteiger partial charge on any atom is -0.342 e. The fourth-order valence-corrected chi connectivity index (χ4v) is 3.04. The first-order valence-corrected chi connectivity index (χ1v) is 8.95. The fraction of sp³-hybridized carbons (Fsp3) is 0.273. The van der Waals surface area contributed by atoms with E-state index in [9.17, 15) is 4.79 Å². The van der Waals surface area contributed by atoms with Crippen molar-refractivity contribution < 1.29 is 4.79 Å². The third kappa shape index (κ3) is 4.20. The number of benzene rings is 2. The average Bonchev–Trinajstić information content (AvgIpc) is 3.03. The lowest BCUT2D eigenvalue weighted by Gasteiger charge is -2.17. The van der Waals surface area contributed by atoms with Crippen LogP contribution in [0.1, 0.15) is 28.0 Å². The van der Waals surface area contributed by atoms with Gasteiger partial charge in [0.25, 0.3) is 5.91 Å². The second-order valence-electron chi connectivity index (χ2n) is 6.71. The molecule has 1 aromatic heterocycles. The zero-order valence-electron chi connectivity index (χ0n) is 15.6. The van der Waals surface area contributed by atoms with Gasteiger partial charge in [-0.25, -0.2) is 0 Å². The molecule has 0 unspecified atom stereocenters. The summed E-state index contributed by atoms with van der Waals surface area (Å²) in [7, 11) is 3.83. The summed E-state index contributed by atoms with van der Waals surface area (Å²) in [5, 5.41) is 4.61. The van der Waals surface area contributed by atoms with Crippen LogP contribution in [0, 0.1) is 6.92 Å². The van der Waals surface area contributed by atoms with Crippen LogP contribution >= 0.6 is 0 Å². The van der Waals surface area contributed by atoms with Gasteiger partial charge < -0.3 is 4.90 Å². The predicted molar refractivity (Wildman–Crippen MR) is 105 cm³/mol. The van der Waals surface area contributed by atoms with E-state index in [-0.39, 0.29) is 5.91 Å². The molecular weight excluding hydrogens is 322 g/mol. The van der Waals surface area contributed by atoms with Crippen molar-refractivity contribution in [1.29, 1.82) is 0 Å². The van der Waals surface area contributed by atoms with Crippen LogP contribution in [0.25, 0.3) is 11.3 Å². The molecule has 0 aliphatic carbocycles. The first-order chi connectivity index (χ1) is 12.5. The molecule has 3 rings (SSSR count). The molecule has 134 valence electrons. The molecule has 0 aliphatic rings. The van der Waals surface area contributed by atoms with E-state index in [1.165, 1.54) is 5.56 Å². The van der Waals surface area contributed by atoms with Gasteiger partial charge in [0.1, 0.15) is 0 Å². The Bertz CT molecular complexity index is 866. The highest BCUT2D eigenvalue weighted by atomic mass is 16.2. The van der Waals surface area contributed by atoms with Crippen molar-refractivity contribution in [3.63, 3.8) is 0 Å². The van der Waals surface area contributed by atoms with Gasteiger partial charge in [-0.15, -0.1) is 0 Å². The Morgan fingerprint density at radius 3 is 2.46 bits per heavy atom. The van der Waals surface area contributed by atoms with Gasteiger partial charge in [-0.2, -0.15) is 5.10 Å². The molecule has 0 N–H and O–H groups in total. The smallest absolute Gasteiger partial charge is 0.253 e. The molecule has 1 amide bonds. The molecule has 0 bridgehead atoms. The molecule has 0 aliphatic heterocycles. The summed E-state index contributed by atoms with van der Waals surface area (Å²) in [5.41, 5.74) is 5.24. The molecule has 0 radical (unpaired) electrons. The number of carbonyl (C=O) groups is 1. The Balaban J connectivity index is 1.56. The molecule has 26 heavy (non-hydrogen) atoms. The van der Waals surface area contributed by atoms with Gasteiger partial charge in [-0.1, -0.05) is 48.0 Å². The molecule has 4 nitrogen and oxygen atoms in total. The third-order valence-corrected chi connectivity index (χ3v) is 4.57. The van der Waals surface area contributed by atoms with Crippen molar-refractivity contribution in [1.82, 2.24) is 14.7 Å². The van der Waals surface area contributed by atoms with E-state index in [0.717, 1.165) is 35.4 Å². The maximum absolute atomic E-state index is 12.4. The van der Waals surface area contributed by atoms with Crippen LogP contribution < -0.4 is 0 Å². The van der Waals surface area contributed by atoms with E-state index in [4.69, 9.17) is 0 Å². The number of amides is 1. The quantitative estimate of drug-likeness (QED) is 0.673. The highest BCUT2D eigenvalue weighted by molar-refractivity contribution is 5.94. The summed E-state index contributed by atoms with van der Waals surface area (Å²) in [5.74, 6) is 0.0657. The fourth-order valence-electron chi connectivity index (χ4n) is 3.04. The van der Waals surface area contributed by atoms with Gasteiger partial charge in [-0.3, -0.25) is 9.48 Å². The van der Waals surface area contributed by atoms with Crippen LogP contribution in [0.3, 0.4) is 0 Å². The Labute approximate surface area is 155 Å². The van der Waals surface area contributed by atoms with E-state index >= 15 is 0 Å². The van der Waals surface area contributed by atoms with Gasteiger partial charge in [-0.05, 0) is 43.5 Å². The predicted octanol–water partition coefficient (Wildman–Crippen LogP) is 4.10. The summed E-state index contributed by atoms with van der Waals surface area (Å²) in [4.78, 5) is 14.2. The van der Waals surface area contributed by atoms with E-state index < -0.39 is 0 Å². The number of nitrogens with zero attached hydrogens (tertiary/aromatic N) is 3. The van der Waals surface area contributed by atoms with Crippen LogP contribution in [0.15, 0.2) is 60.7 Å². The number of hydrogen-bond donors (Lipinski definition) is 0. The summed E-state index contributed by atoms with van der Waals surface area (Å²) >= 11 is 0. The minimum absolute atomic E-state index is 0.0657. The highest BCUT2D eigenvalue weighted by Gasteiger charge is 2.12. The van der Waals surface area contributed by atoms with E-state index in [1.807, 2.05) is 68.2 Å². The van der Waals surface area contributed by atoms with Crippen molar-refractivity contribution in [2.45, 2.75) is 19.8 Å². The maximum atomic E-state index is 12.4. The summed E-state index contributed by atoms with van der Waals surface area (Å²) in [6, 6.07) is 20.1. The molecule has 0 saturated carbocycles. The molecule has 0 atom stereocenters. The highest BCUT2D eigenvalue weighted by Crippen LogP contribution is 2.20. The first kappa shape index (κ1) is 17.9. The normalized spacial score (nSPS) is 10.7. The molecule has 1 heterocycles. The van der Waals surface area contributed by atoms with Crippen LogP contribution in [0.4, 0.5) is 0 Å². The zero-order valence-corrected chi connectivity index (χ0v) is 15.6. The molecular formula is C22H25N3O. The molecule has 2 aromatic carbocycles. The number of hydrogen-bond acceptors (Lipinski definition) is 2. The van der Waals surface area contributed by atoms with Crippen molar-refractivity contribution in [2.75, 3.05) is 13.6 Å². The Hall–Kier alpha value is -2.88. The first-order valence-electron chi connectivity index (χ1n) is 8.95. The molecule has 3 aromatic rings. The van der Waals surface area contributed by atoms with Crippen molar-refractivity contribution in [2.24, 2.45) is 7.05 Å². The average molecular weight is 347 g/mol. The van der Waals surface area contributed by atoms with Crippen LogP contribution in [0.5, 0.6) is 0 Å². The van der Waals surface area contributed by atoms with E-state index in [2.05, 4.69) is 23.3 Å². The van der Waals surface area contributed by atoms with Gasteiger partial charge >= 0.3 is 0 Å². The number of aryl methyl sites for hydroxylation is 3. The number of rotatable bonds is 6. The SMILES string of the molecule is Cc1ccc(C(=O)N(C)CCCc2cc(-c3ccccc3)n(C)n2)cc1. The van der Waals surface area contributed by atoms with Crippen molar-refractivity contribution in [3.8, 4) is 11.3 Å². The number of carbonyl (C=O) groups excluding carboxylic acids is 1. The van der Waals surface area contributed by atoms with Gasteiger partial charge in [0.15, 0.2) is 0 Å². The Morgan fingerprint density at radius 2 is 1.77 bits per heavy atom.